The first-order valence-electron chi connectivity index (χ1n) is 3.64. The minimum Gasteiger partial charge on any atom is -0.207 e. The molecule has 0 atom stereocenters. The predicted octanol–water partition coefficient (Wildman–Crippen LogP) is 2.88. The van der Waals surface area contributed by atoms with Gasteiger partial charge in [-0.25, -0.2) is 8.42 Å². The van der Waals surface area contributed by atoms with E-state index in [2.05, 4.69) is 0 Å². The minimum absolute atomic E-state index is 0.0536. The molecule has 0 N–H and O–H groups in total. The van der Waals surface area contributed by atoms with Gasteiger partial charge >= 0.3 is 0 Å². The van der Waals surface area contributed by atoms with Gasteiger partial charge in [-0.05, 0) is 12.1 Å². The van der Waals surface area contributed by atoms with Crippen molar-refractivity contribution in [2.24, 2.45) is 0 Å². The zero-order valence-corrected chi connectivity index (χ0v) is 10.3. The van der Waals surface area contributed by atoms with Crippen LogP contribution in [0, 0.1) is 11.3 Å². The number of hydrogen-bond acceptors (Lipinski definition) is 3. The molecule has 0 radical (unpaired) electrons. The fraction of sp³-hybridized carbons (Fsp3) is 0.125. The minimum atomic E-state index is -3.96. The van der Waals surface area contributed by atoms with E-state index >= 15 is 0 Å². The zero-order chi connectivity index (χ0) is 11.6. The van der Waals surface area contributed by atoms with E-state index in [0.717, 1.165) is 0 Å². The van der Waals surface area contributed by atoms with E-state index in [1.54, 1.807) is 6.07 Å². The molecular formula is C8H4Cl3NO2S. The Morgan fingerprint density at radius 3 is 2.40 bits per heavy atom. The molecule has 0 fully saturated rings. The van der Waals surface area contributed by atoms with Crippen molar-refractivity contribution in [2.75, 3.05) is 0 Å². The van der Waals surface area contributed by atoms with Crippen molar-refractivity contribution in [3.05, 3.63) is 28.3 Å². The largest absolute Gasteiger partial charge is 0.262 e. The maximum absolute atomic E-state index is 11.1. The van der Waals surface area contributed by atoms with Gasteiger partial charge in [0.2, 0.25) is 0 Å². The van der Waals surface area contributed by atoms with Gasteiger partial charge in [-0.1, -0.05) is 11.6 Å². The first-order chi connectivity index (χ1) is 6.91. The summed E-state index contributed by atoms with van der Waals surface area (Å²) in [6, 6.07) is 4.25. The van der Waals surface area contributed by atoms with Gasteiger partial charge in [0.15, 0.2) is 0 Å². The zero-order valence-electron chi connectivity index (χ0n) is 7.17. The molecule has 0 amide bonds. The molecule has 0 aliphatic heterocycles. The number of alkyl halides is 1. The predicted molar refractivity (Wildman–Crippen MR) is 58.8 cm³/mol. The smallest absolute Gasteiger partial charge is 0.207 e. The third-order valence-corrected chi connectivity index (χ3v) is 3.71. The number of nitrogens with zero attached hydrogens (tertiary/aromatic N) is 1. The number of hydrogen-bond donors (Lipinski definition) is 0. The molecule has 1 rings (SSSR count). The molecule has 0 heterocycles. The van der Waals surface area contributed by atoms with Crippen LogP contribution in [-0.4, -0.2) is 8.42 Å². The van der Waals surface area contributed by atoms with Crippen LogP contribution in [0.4, 0.5) is 0 Å². The van der Waals surface area contributed by atoms with E-state index in [4.69, 9.17) is 39.1 Å². The van der Waals surface area contributed by atoms with Crippen molar-refractivity contribution < 1.29 is 8.42 Å². The van der Waals surface area contributed by atoms with Crippen molar-refractivity contribution in [1.29, 1.82) is 5.26 Å². The van der Waals surface area contributed by atoms with Gasteiger partial charge in [-0.15, -0.1) is 11.6 Å². The summed E-state index contributed by atoms with van der Waals surface area (Å²) in [5.41, 5.74) is 0.162. The number of halogens is 3. The third kappa shape index (κ3) is 2.56. The Morgan fingerprint density at radius 1 is 1.40 bits per heavy atom. The lowest BCUT2D eigenvalue weighted by molar-refractivity contribution is 0.609. The van der Waals surface area contributed by atoms with Crippen LogP contribution in [0.1, 0.15) is 11.1 Å². The highest BCUT2D eigenvalue weighted by Crippen LogP contribution is 2.29. The molecule has 80 valence electrons. The average Bonchev–Trinajstić information content (AvgIpc) is 2.15. The summed E-state index contributed by atoms with van der Waals surface area (Å²) in [5, 5.41) is 9.07. The Hall–Kier alpha value is -0.470. The van der Waals surface area contributed by atoms with Gasteiger partial charge in [-0.2, -0.15) is 5.26 Å². The fourth-order valence-electron chi connectivity index (χ4n) is 1.06. The molecule has 15 heavy (non-hydrogen) atoms. The Morgan fingerprint density at radius 2 is 2.00 bits per heavy atom. The Balaban J connectivity index is 3.66. The van der Waals surface area contributed by atoms with Crippen LogP contribution < -0.4 is 0 Å². The van der Waals surface area contributed by atoms with Crippen LogP contribution >= 0.6 is 33.9 Å². The second kappa shape index (κ2) is 4.58. The van der Waals surface area contributed by atoms with E-state index in [9.17, 15) is 8.42 Å². The van der Waals surface area contributed by atoms with Crippen LogP contribution in [0.25, 0.3) is 0 Å². The van der Waals surface area contributed by atoms with Gasteiger partial charge in [-0.3, -0.25) is 0 Å². The van der Waals surface area contributed by atoms with E-state index in [1.165, 1.54) is 12.1 Å². The molecule has 0 bridgehead atoms. The molecule has 1 aromatic rings. The van der Waals surface area contributed by atoms with Gasteiger partial charge in [0.05, 0.1) is 11.4 Å². The normalized spacial score (nSPS) is 11.1. The molecule has 7 heteroatoms. The monoisotopic (exact) mass is 283 g/mol. The molecule has 0 unspecified atom stereocenters. The molecular weight excluding hydrogens is 281 g/mol. The van der Waals surface area contributed by atoms with Gasteiger partial charge in [0.1, 0.15) is 11.0 Å². The second-order valence-electron chi connectivity index (χ2n) is 2.58. The molecule has 0 saturated heterocycles. The highest BCUT2D eigenvalue weighted by atomic mass is 35.7. The van der Waals surface area contributed by atoms with E-state index < -0.39 is 9.05 Å². The van der Waals surface area contributed by atoms with Crippen LogP contribution in [0.3, 0.4) is 0 Å². The molecule has 0 aliphatic carbocycles. The van der Waals surface area contributed by atoms with Gasteiger partial charge in [0.25, 0.3) is 9.05 Å². The van der Waals surface area contributed by atoms with Crippen molar-refractivity contribution in [2.45, 2.75) is 10.8 Å². The van der Waals surface area contributed by atoms with Crippen LogP contribution in [0.15, 0.2) is 17.0 Å². The Kier molecular flexibility index (Phi) is 3.85. The summed E-state index contributed by atoms with van der Waals surface area (Å²) in [7, 11) is 1.20. The Bertz CT molecular complexity index is 534. The van der Waals surface area contributed by atoms with Gasteiger partial charge < -0.3 is 0 Å². The summed E-state index contributed by atoms with van der Waals surface area (Å²) >= 11 is 11.3. The first-order valence-corrected chi connectivity index (χ1v) is 6.86. The molecule has 0 spiro atoms. The van der Waals surface area contributed by atoms with Gasteiger partial charge in [0, 0.05) is 21.3 Å². The van der Waals surface area contributed by atoms with Crippen molar-refractivity contribution in [3.8, 4) is 6.07 Å². The molecule has 3 nitrogen and oxygen atoms in total. The molecule has 0 aliphatic rings. The molecule has 0 aromatic heterocycles. The number of benzene rings is 1. The molecule has 1 aromatic carbocycles. The number of rotatable bonds is 2. The lowest BCUT2D eigenvalue weighted by Gasteiger charge is -2.06. The first kappa shape index (κ1) is 12.6. The second-order valence-corrected chi connectivity index (χ2v) is 5.79. The quantitative estimate of drug-likeness (QED) is 0.620. The van der Waals surface area contributed by atoms with E-state index in [1.807, 2.05) is 0 Å². The highest BCUT2D eigenvalue weighted by molar-refractivity contribution is 8.13. The highest BCUT2D eigenvalue weighted by Gasteiger charge is 2.20. The standard InChI is InChI=1S/C8H4Cl3NO2S/c9-3-5-6(4-12)8(15(11,13)14)2-1-7(5)10/h1-2H,3H2. The lowest BCUT2D eigenvalue weighted by Crippen LogP contribution is -1.99. The maximum Gasteiger partial charge on any atom is 0.262 e. The summed E-state index contributed by atoms with van der Waals surface area (Å²) in [6.45, 7) is 0. The van der Waals surface area contributed by atoms with Crippen LogP contribution in [-0.2, 0) is 14.9 Å². The summed E-state index contributed by atoms with van der Waals surface area (Å²) in [6.07, 6.45) is 0. The third-order valence-electron chi connectivity index (χ3n) is 1.73. The van der Waals surface area contributed by atoms with E-state index in [0.29, 0.717) is 0 Å². The average molecular weight is 285 g/mol. The number of nitriles is 1. The maximum atomic E-state index is 11.1. The van der Waals surface area contributed by atoms with Crippen LogP contribution in [0.5, 0.6) is 0 Å². The topological polar surface area (TPSA) is 57.9 Å². The SMILES string of the molecule is N#Cc1c(S(=O)(=O)Cl)ccc(Cl)c1CCl. The van der Waals surface area contributed by atoms with Crippen molar-refractivity contribution in [3.63, 3.8) is 0 Å². The van der Waals surface area contributed by atoms with E-state index in [-0.39, 0.29) is 26.9 Å². The lowest BCUT2D eigenvalue weighted by atomic mass is 10.1. The van der Waals surface area contributed by atoms with Crippen LogP contribution in [0.2, 0.25) is 5.02 Å². The summed E-state index contributed by atoms with van der Waals surface area (Å²) in [5.74, 6) is -0.0536. The summed E-state index contributed by atoms with van der Waals surface area (Å²) < 4.78 is 22.2. The van der Waals surface area contributed by atoms with Crippen molar-refractivity contribution in [1.82, 2.24) is 0 Å². The Labute approximate surface area is 102 Å². The molecule has 0 saturated carbocycles. The summed E-state index contributed by atoms with van der Waals surface area (Å²) in [4.78, 5) is -0.272. The van der Waals surface area contributed by atoms with Crippen molar-refractivity contribution >= 4 is 42.9 Å². The fourth-order valence-corrected chi connectivity index (χ4v) is 2.66.